The van der Waals surface area contributed by atoms with Crippen LogP contribution in [0.1, 0.15) is 55.6 Å². The monoisotopic (exact) mass is 193 g/mol. The predicted molar refractivity (Wildman–Crippen MR) is 52.1 cm³/mol. The van der Waals surface area contributed by atoms with Crippen LogP contribution in [-0.4, -0.2) is 20.8 Å². The first-order valence-electron chi connectivity index (χ1n) is 5.20. The lowest BCUT2D eigenvalue weighted by atomic mass is 9.96. The number of nitrogens with zero attached hydrogens (tertiary/aromatic N) is 3. The average Bonchev–Trinajstić information content (AvgIpc) is 2.68. The number of rotatable bonds is 2. The molecule has 0 saturated heterocycles. The summed E-state index contributed by atoms with van der Waals surface area (Å²) in [6, 6.07) is 0.462. The van der Waals surface area contributed by atoms with Gasteiger partial charge in [0, 0.05) is 6.92 Å². The molecule has 2 rings (SSSR count). The summed E-state index contributed by atoms with van der Waals surface area (Å²) in [6.45, 7) is 1.52. The number of carbonyl (C=O) groups is 1. The second kappa shape index (κ2) is 3.90. The Morgan fingerprint density at radius 2 is 2.14 bits per heavy atom. The lowest BCUT2D eigenvalue weighted by molar-refractivity contribution is 0.101. The first-order valence-corrected chi connectivity index (χ1v) is 5.20. The SMILES string of the molecule is CC(=O)c1cn(C2CCCCC2)nn1. The van der Waals surface area contributed by atoms with E-state index in [9.17, 15) is 4.79 Å². The van der Waals surface area contributed by atoms with Gasteiger partial charge in [-0.05, 0) is 12.8 Å². The Morgan fingerprint density at radius 3 is 2.71 bits per heavy atom. The first-order chi connectivity index (χ1) is 6.77. The zero-order chi connectivity index (χ0) is 9.97. The Labute approximate surface area is 83.3 Å². The first kappa shape index (κ1) is 9.37. The normalized spacial score (nSPS) is 18.4. The molecule has 76 valence electrons. The van der Waals surface area contributed by atoms with E-state index in [0.29, 0.717) is 11.7 Å². The van der Waals surface area contributed by atoms with Crippen molar-refractivity contribution in [1.82, 2.24) is 15.0 Å². The van der Waals surface area contributed by atoms with E-state index in [1.54, 1.807) is 6.20 Å². The Kier molecular flexibility index (Phi) is 2.61. The Hall–Kier alpha value is -1.19. The summed E-state index contributed by atoms with van der Waals surface area (Å²) in [5.41, 5.74) is 0.482. The van der Waals surface area contributed by atoms with Crippen LogP contribution in [0.5, 0.6) is 0 Å². The van der Waals surface area contributed by atoms with Crippen molar-refractivity contribution in [3.63, 3.8) is 0 Å². The van der Waals surface area contributed by atoms with Crippen LogP contribution in [0.2, 0.25) is 0 Å². The number of hydrogen-bond acceptors (Lipinski definition) is 3. The van der Waals surface area contributed by atoms with Gasteiger partial charge in [-0.3, -0.25) is 4.79 Å². The van der Waals surface area contributed by atoms with Crippen LogP contribution in [0, 0.1) is 0 Å². The molecule has 4 heteroatoms. The Morgan fingerprint density at radius 1 is 1.43 bits per heavy atom. The minimum Gasteiger partial charge on any atom is -0.293 e. The predicted octanol–water partition coefficient (Wildman–Crippen LogP) is 1.99. The van der Waals surface area contributed by atoms with Gasteiger partial charge < -0.3 is 0 Å². The molecule has 1 aromatic heterocycles. The van der Waals surface area contributed by atoms with Crippen LogP contribution >= 0.6 is 0 Å². The molecule has 0 radical (unpaired) electrons. The molecule has 0 bridgehead atoms. The van der Waals surface area contributed by atoms with Crippen LogP contribution in [0.3, 0.4) is 0 Å². The molecule has 0 aliphatic heterocycles. The van der Waals surface area contributed by atoms with E-state index in [1.807, 2.05) is 4.68 Å². The number of aromatic nitrogens is 3. The molecule has 14 heavy (non-hydrogen) atoms. The largest absolute Gasteiger partial charge is 0.293 e. The third-order valence-electron chi connectivity index (χ3n) is 2.82. The fraction of sp³-hybridized carbons (Fsp3) is 0.700. The van der Waals surface area contributed by atoms with Gasteiger partial charge in [0.2, 0.25) is 0 Å². The third kappa shape index (κ3) is 1.84. The highest BCUT2D eigenvalue weighted by molar-refractivity contribution is 5.91. The quantitative estimate of drug-likeness (QED) is 0.675. The molecule has 0 aromatic carbocycles. The molecule has 1 heterocycles. The molecule has 1 aliphatic carbocycles. The number of hydrogen-bond donors (Lipinski definition) is 0. The fourth-order valence-electron chi connectivity index (χ4n) is 1.96. The molecule has 1 aromatic rings. The summed E-state index contributed by atoms with van der Waals surface area (Å²) in [5, 5.41) is 7.86. The zero-order valence-electron chi connectivity index (χ0n) is 8.44. The highest BCUT2D eigenvalue weighted by Crippen LogP contribution is 2.27. The van der Waals surface area contributed by atoms with Gasteiger partial charge in [-0.25, -0.2) is 4.68 Å². The Bertz CT molecular complexity index is 326. The van der Waals surface area contributed by atoms with Crippen molar-refractivity contribution in [2.45, 2.75) is 45.1 Å². The van der Waals surface area contributed by atoms with Gasteiger partial charge in [0.05, 0.1) is 12.2 Å². The minimum absolute atomic E-state index is 0.00735. The fourth-order valence-corrected chi connectivity index (χ4v) is 1.96. The van der Waals surface area contributed by atoms with Gasteiger partial charge in [-0.1, -0.05) is 24.5 Å². The van der Waals surface area contributed by atoms with Crippen LogP contribution < -0.4 is 0 Å². The number of ketones is 1. The highest BCUT2D eigenvalue weighted by Gasteiger charge is 2.17. The van der Waals surface area contributed by atoms with Gasteiger partial charge in [-0.15, -0.1) is 5.10 Å². The average molecular weight is 193 g/mol. The van der Waals surface area contributed by atoms with Crippen molar-refractivity contribution in [3.05, 3.63) is 11.9 Å². The molecule has 1 fully saturated rings. The number of carbonyl (C=O) groups excluding carboxylic acids is 1. The lowest BCUT2D eigenvalue weighted by Gasteiger charge is -2.20. The van der Waals surface area contributed by atoms with Gasteiger partial charge in [0.15, 0.2) is 5.78 Å². The van der Waals surface area contributed by atoms with Gasteiger partial charge in [0.25, 0.3) is 0 Å². The van der Waals surface area contributed by atoms with Crippen molar-refractivity contribution in [1.29, 1.82) is 0 Å². The summed E-state index contributed by atoms with van der Waals surface area (Å²) in [4.78, 5) is 11.0. The van der Waals surface area contributed by atoms with E-state index < -0.39 is 0 Å². The molecule has 0 N–H and O–H groups in total. The lowest BCUT2D eigenvalue weighted by Crippen LogP contribution is -2.13. The van der Waals surface area contributed by atoms with Crippen LogP contribution in [-0.2, 0) is 0 Å². The zero-order valence-corrected chi connectivity index (χ0v) is 8.44. The topological polar surface area (TPSA) is 47.8 Å². The minimum atomic E-state index is -0.00735. The molecule has 1 aliphatic rings. The standard InChI is InChI=1S/C10H15N3O/c1-8(14)10-7-13(12-11-10)9-5-3-2-4-6-9/h7,9H,2-6H2,1H3. The van der Waals surface area contributed by atoms with Crippen molar-refractivity contribution in [3.8, 4) is 0 Å². The van der Waals surface area contributed by atoms with E-state index in [-0.39, 0.29) is 5.78 Å². The Balaban J connectivity index is 2.11. The maximum absolute atomic E-state index is 11.0. The van der Waals surface area contributed by atoms with Crippen LogP contribution in [0.4, 0.5) is 0 Å². The highest BCUT2D eigenvalue weighted by atomic mass is 16.1. The van der Waals surface area contributed by atoms with E-state index >= 15 is 0 Å². The third-order valence-corrected chi connectivity index (χ3v) is 2.82. The molecule has 1 saturated carbocycles. The van der Waals surface area contributed by atoms with E-state index in [2.05, 4.69) is 10.3 Å². The van der Waals surface area contributed by atoms with E-state index in [0.717, 1.165) is 0 Å². The van der Waals surface area contributed by atoms with Gasteiger partial charge >= 0.3 is 0 Å². The second-order valence-electron chi connectivity index (χ2n) is 3.93. The molecular weight excluding hydrogens is 178 g/mol. The maximum Gasteiger partial charge on any atom is 0.181 e. The summed E-state index contributed by atoms with van der Waals surface area (Å²) in [7, 11) is 0. The van der Waals surface area contributed by atoms with E-state index in [4.69, 9.17) is 0 Å². The van der Waals surface area contributed by atoms with Gasteiger partial charge in [0.1, 0.15) is 5.69 Å². The summed E-state index contributed by atoms with van der Waals surface area (Å²) in [6.07, 6.45) is 7.96. The van der Waals surface area contributed by atoms with Gasteiger partial charge in [-0.2, -0.15) is 0 Å². The second-order valence-corrected chi connectivity index (χ2v) is 3.93. The maximum atomic E-state index is 11.0. The van der Waals surface area contributed by atoms with Crippen molar-refractivity contribution < 1.29 is 4.79 Å². The molecule has 0 atom stereocenters. The van der Waals surface area contributed by atoms with Crippen LogP contribution in [0.15, 0.2) is 6.20 Å². The number of Topliss-reactive ketones (excluding diaryl/α,β-unsaturated/α-hetero) is 1. The van der Waals surface area contributed by atoms with E-state index in [1.165, 1.54) is 39.0 Å². The summed E-state index contributed by atoms with van der Waals surface area (Å²) in [5.74, 6) is -0.00735. The van der Waals surface area contributed by atoms with Crippen LogP contribution in [0.25, 0.3) is 0 Å². The molecular formula is C10H15N3O. The van der Waals surface area contributed by atoms with Crippen molar-refractivity contribution in [2.75, 3.05) is 0 Å². The smallest absolute Gasteiger partial charge is 0.181 e. The molecule has 0 amide bonds. The summed E-state index contributed by atoms with van der Waals surface area (Å²) < 4.78 is 1.86. The summed E-state index contributed by atoms with van der Waals surface area (Å²) >= 11 is 0. The molecule has 0 spiro atoms. The van der Waals surface area contributed by atoms with Crippen molar-refractivity contribution >= 4 is 5.78 Å². The molecule has 0 unspecified atom stereocenters. The van der Waals surface area contributed by atoms with Crippen molar-refractivity contribution in [2.24, 2.45) is 0 Å². The molecule has 4 nitrogen and oxygen atoms in total.